The summed E-state index contributed by atoms with van der Waals surface area (Å²) in [6.07, 6.45) is 5.23. The van der Waals surface area contributed by atoms with Crippen LogP contribution in [0.1, 0.15) is 18.4 Å². The smallest absolute Gasteiger partial charge is 0.0622 e. The Morgan fingerprint density at radius 2 is 2.43 bits per heavy atom. The maximum Gasteiger partial charge on any atom is 0.0622 e. The molecule has 74 valence electrons. The molecule has 3 nitrogen and oxygen atoms in total. The fourth-order valence-corrected chi connectivity index (χ4v) is 1.31. The summed E-state index contributed by atoms with van der Waals surface area (Å²) in [4.78, 5) is 6.26. The molecule has 0 aromatic carbocycles. The van der Waals surface area contributed by atoms with Gasteiger partial charge in [-0.3, -0.25) is 4.98 Å². The zero-order valence-corrected chi connectivity index (χ0v) is 8.48. The summed E-state index contributed by atoms with van der Waals surface area (Å²) < 4.78 is 0. The van der Waals surface area contributed by atoms with Crippen LogP contribution in [0.15, 0.2) is 24.5 Å². The van der Waals surface area contributed by atoms with Gasteiger partial charge in [-0.1, -0.05) is 6.07 Å². The van der Waals surface area contributed by atoms with Crippen molar-refractivity contribution in [1.82, 2.24) is 9.88 Å². The highest BCUT2D eigenvalue weighted by Gasteiger charge is 1.99. The monoisotopic (exact) mass is 189 g/mol. The summed E-state index contributed by atoms with van der Waals surface area (Å²) in [6, 6.07) is 6.15. The Hall–Kier alpha value is -1.40. The lowest BCUT2D eigenvalue weighted by Crippen LogP contribution is -2.18. The number of nitrogens with zero attached hydrogens (tertiary/aromatic N) is 3. The maximum absolute atomic E-state index is 8.39. The maximum atomic E-state index is 8.39. The summed E-state index contributed by atoms with van der Waals surface area (Å²) in [7, 11) is 2.06. The van der Waals surface area contributed by atoms with E-state index in [1.807, 2.05) is 12.3 Å². The van der Waals surface area contributed by atoms with E-state index >= 15 is 0 Å². The van der Waals surface area contributed by atoms with E-state index in [1.165, 1.54) is 5.56 Å². The molecule has 0 aliphatic rings. The molecule has 0 aliphatic heterocycles. The van der Waals surface area contributed by atoms with Crippen LogP contribution < -0.4 is 0 Å². The van der Waals surface area contributed by atoms with Gasteiger partial charge < -0.3 is 4.90 Å². The molecule has 1 aromatic heterocycles. The minimum Gasteiger partial charge on any atom is -0.302 e. The van der Waals surface area contributed by atoms with Crippen molar-refractivity contribution >= 4 is 0 Å². The molecule has 0 amide bonds. The second-order valence-corrected chi connectivity index (χ2v) is 3.36. The van der Waals surface area contributed by atoms with Crippen molar-refractivity contribution in [3.63, 3.8) is 0 Å². The molecule has 3 heteroatoms. The molecule has 1 rings (SSSR count). The highest BCUT2D eigenvalue weighted by Crippen LogP contribution is 2.01. The summed E-state index contributed by atoms with van der Waals surface area (Å²) in [5, 5.41) is 8.39. The van der Waals surface area contributed by atoms with Crippen molar-refractivity contribution in [2.45, 2.75) is 19.4 Å². The van der Waals surface area contributed by atoms with Crippen LogP contribution in [0.4, 0.5) is 0 Å². The third-order valence-electron chi connectivity index (χ3n) is 2.00. The average Bonchev–Trinajstić information content (AvgIpc) is 2.20. The number of nitriles is 1. The Morgan fingerprint density at radius 3 is 3.07 bits per heavy atom. The molecule has 1 aromatic rings. The van der Waals surface area contributed by atoms with Crippen molar-refractivity contribution in [3.05, 3.63) is 30.1 Å². The Bertz CT molecular complexity index is 289. The van der Waals surface area contributed by atoms with Crippen molar-refractivity contribution in [1.29, 1.82) is 5.26 Å². The van der Waals surface area contributed by atoms with Crippen LogP contribution in [0.25, 0.3) is 0 Å². The highest BCUT2D eigenvalue weighted by molar-refractivity contribution is 5.07. The van der Waals surface area contributed by atoms with Gasteiger partial charge in [-0.15, -0.1) is 0 Å². The van der Waals surface area contributed by atoms with Crippen molar-refractivity contribution in [3.8, 4) is 6.07 Å². The molecule has 0 fully saturated rings. The molecule has 0 N–H and O–H groups in total. The third kappa shape index (κ3) is 4.01. The van der Waals surface area contributed by atoms with Crippen LogP contribution in [-0.4, -0.2) is 23.5 Å². The molecule has 0 spiro atoms. The SMILES string of the molecule is CN(CCCC#N)Cc1cccnc1. The standard InChI is InChI=1S/C11H15N3/c1-14(8-3-2-6-12)10-11-5-4-7-13-9-11/h4-5,7,9H,2-3,8,10H2,1H3. The van der Waals surface area contributed by atoms with Gasteiger partial charge in [0.25, 0.3) is 0 Å². The van der Waals surface area contributed by atoms with Gasteiger partial charge in [-0.25, -0.2) is 0 Å². The first kappa shape index (κ1) is 10.7. The number of pyridine rings is 1. The fraction of sp³-hybridized carbons (Fsp3) is 0.455. The number of unbranched alkanes of at least 4 members (excludes halogenated alkanes) is 1. The lowest BCUT2D eigenvalue weighted by atomic mass is 10.2. The van der Waals surface area contributed by atoms with E-state index < -0.39 is 0 Å². The van der Waals surface area contributed by atoms with Gasteiger partial charge in [-0.2, -0.15) is 5.26 Å². The molecule has 0 unspecified atom stereocenters. The summed E-state index contributed by atoms with van der Waals surface area (Å²) in [6.45, 7) is 1.86. The summed E-state index contributed by atoms with van der Waals surface area (Å²) >= 11 is 0. The van der Waals surface area contributed by atoms with Gasteiger partial charge >= 0.3 is 0 Å². The Kier molecular flexibility index (Phi) is 4.66. The molecular formula is C11H15N3. The molecule has 1 heterocycles. The molecule has 0 saturated heterocycles. The van der Waals surface area contributed by atoms with Crippen LogP contribution in [0.2, 0.25) is 0 Å². The number of rotatable bonds is 5. The average molecular weight is 189 g/mol. The molecule has 14 heavy (non-hydrogen) atoms. The van der Waals surface area contributed by atoms with E-state index in [9.17, 15) is 0 Å². The van der Waals surface area contributed by atoms with Crippen molar-refractivity contribution < 1.29 is 0 Å². The minimum absolute atomic E-state index is 0.636. The zero-order valence-electron chi connectivity index (χ0n) is 8.48. The van der Waals surface area contributed by atoms with Gasteiger partial charge in [0.05, 0.1) is 6.07 Å². The first-order valence-electron chi connectivity index (χ1n) is 4.77. The predicted molar refractivity (Wildman–Crippen MR) is 55.4 cm³/mol. The fourth-order valence-electron chi connectivity index (χ4n) is 1.31. The lowest BCUT2D eigenvalue weighted by Gasteiger charge is -2.15. The third-order valence-corrected chi connectivity index (χ3v) is 2.00. The zero-order chi connectivity index (χ0) is 10.2. The molecule has 0 aliphatic carbocycles. The summed E-state index contributed by atoms with van der Waals surface area (Å²) in [5.74, 6) is 0. The van der Waals surface area contributed by atoms with Crippen molar-refractivity contribution in [2.75, 3.05) is 13.6 Å². The second kappa shape index (κ2) is 6.11. The molecule has 0 radical (unpaired) electrons. The van der Waals surface area contributed by atoms with Crippen LogP contribution >= 0.6 is 0 Å². The number of hydrogen-bond donors (Lipinski definition) is 0. The van der Waals surface area contributed by atoms with Crippen LogP contribution in [0.3, 0.4) is 0 Å². The topological polar surface area (TPSA) is 39.9 Å². The molecule has 0 bridgehead atoms. The minimum atomic E-state index is 0.636. The normalized spacial score (nSPS) is 10.1. The van der Waals surface area contributed by atoms with Gasteiger partial charge in [0.1, 0.15) is 0 Å². The molecule has 0 saturated carbocycles. The Balaban J connectivity index is 2.28. The predicted octanol–water partition coefficient (Wildman–Crippen LogP) is 1.82. The van der Waals surface area contributed by atoms with Gasteiger partial charge in [0, 0.05) is 25.4 Å². The van der Waals surface area contributed by atoms with E-state index in [0.717, 1.165) is 19.5 Å². The summed E-state index contributed by atoms with van der Waals surface area (Å²) in [5.41, 5.74) is 1.21. The van der Waals surface area contributed by atoms with Gasteiger partial charge in [0.2, 0.25) is 0 Å². The van der Waals surface area contributed by atoms with Gasteiger partial charge in [0.15, 0.2) is 0 Å². The highest BCUT2D eigenvalue weighted by atomic mass is 15.1. The molecular weight excluding hydrogens is 174 g/mol. The second-order valence-electron chi connectivity index (χ2n) is 3.36. The van der Waals surface area contributed by atoms with Gasteiger partial charge in [-0.05, 0) is 31.6 Å². The first-order valence-corrected chi connectivity index (χ1v) is 4.77. The van der Waals surface area contributed by atoms with Crippen molar-refractivity contribution in [2.24, 2.45) is 0 Å². The van der Waals surface area contributed by atoms with Crippen LogP contribution in [0, 0.1) is 11.3 Å². The van der Waals surface area contributed by atoms with Crippen LogP contribution in [-0.2, 0) is 6.54 Å². The number of aromatic nitrogens is 1. The Labute approximate surface area is 85.0 Å². The van der Waals surface area contributed by atoms with E-state index in [1.54, 1.807) is 6.20 Å². The quantitative estimate of drug-likeness (QED) is 0.663. The Morgan fingerprint density at radius 1 is 1.57 bits per heavy atom. The van der Waals surface area contributed by atoms with E-state index in [2.05, 4.69) is 29.1 Å². The van der Waals surface area contributed by atoms with E-state index in [0.29, 0.717) is 6.42 Å². The van der Waals surface area contributed by atoms with E-state index in [-0.39, 0.29) is 0 Å². The van der Waals surface area contributed by atoms with Crippen LogP contribution in [0.5, 0.6) is 0 Å². The van der Waals surface area contributed by atoms with E-state index in [4.69, 9.17) is 5.26 Å². The first-order chi connectivity index (χ1) is 6.83. The molecule has 0 atom stereocenters. The largest absolute Gasteiger partial charge is 0.302 e. The number of hydrogen-bond acceptors (Lipinski definition) is 3. The lowest BCUT2D eigenvalue weighted by molar-refractivity contribution is 0.323.